The summed E-state index contributed by atoms with van der Waals surface area (Å²) >= 11 is 0. The second-order valence-corrected chi connectivity index (χ2v) is 5.87. The lowest BCUT2D eigenvalue weighted by atomic mass is 9.97. The van der Waals surface area contributed by atoms with Gasteiger partial charge in [0.1, 0.15) is 11.8 Å². The van der Waals surface area contributed by atoms with Crippen molar-refractivity contribution in [3.63, 3.8) is 0 Å². The molecule has 0 aliphatic carbocycles. The summed E-state index contributed by atoms with van der Waals surface area (Å²) in [6.45, 7) is 7.80. The topological polar surface area (TPSA) is 64.6 Å². The van der Waals surface area contributed by atoms with Crippen LogP contribution in [0.3, 0.4) is 0 Å². The molecule has 0 bridgehead atoms. The quantitative estimate of drug-likeness (QED) is 0.784. The van der Waals surface area contributed by atoms with Crippen LogP contribution in [0.15, 0.2) is 12.1 Å². The summed E-state index contributed by atoms with van der Waals surface area (Å²) in [5, 5.41) is 2.81. The Hall–Kier alpha value is -2.04. The number of hydrogen-bond acceptors (Lipinski definition) is 4. The molecule has 1 N–H and O–H groups in total. The molecule has 1 rings (SSSR count). The van der Waals surface area contributed by atoms with E-state index >= 15 is 0 Å². The number of aryl methyl sites for hydroxylation is 2. The van der Waals surface area contributed by atoms with E-state index in [0.717, 1.165) is 28.9 Å². The summed E-state index contributed by atoms with van der Waals surface area (Å²) in [5.74, 6) is 0.202. The van der Waals surface area contributed by atoms with Crippen LogP contribution in [0.25, 0.3) is 0 Å². The number of carbonyl (C=O) groups excluding carboxylic acids is 2. The Bertz CT molecular complexity index is 545. The number of amides is 1. The van der Waals surface area contributed by atoms with Crippen molar-refractivity contribution in [3.8, 4) is 5.75 Å². The largest absolute Gasteiger partial charge is 0.497 e. The van der Waals surface area contributed by atoms with Gasteiger partial charge in [0.25, 0.3) is 0 Å². The van der Waals surface area contributed by atoms with Crippen molar-refractivity contribution in [1.82, 2.24) is 5.32 Å². The number of benzene rings is 1. The highest BCUT2D eigenvalue weighted by atomic mass is 16.5. The molecule has 0 unspecified atom stereocenters. The first-order chi connectivity index (χ1) is 10.8. The smallest absolute Gasteiger partial charge is 0.328 e. The Morgan fingerprint density at radius 3 is 2.17 bits per heavy atom. The van der Waals surface area contributed by atoms with Crippen LogP contribution in [0.2, 0.25) is 0 Å². The predicted molar refractivity (Wildman–Crippen MR) is 89.6 cm³/mol. The van der Waals surface area contributed by atoms with Crippen LogP contribution in [-0.4, -0.2) is 32.1 Å². The maximum absolute atomic E-state index is 12.4. The van der Waals surface area contributed by atoms with Gasteiger partial charge in [0.2, 0.25) is 5.91 Å². The SMILES string of the molecule is CC[C@H](C)[C@H](NC(=O)Cc1c(C)cc(OC)cc1C)C(=O)OC. The van der Waals surface area contributed by atoms with Crippen molar-refractivity contribution in [3.05, 3.63) is 28.8 Å². The fourth-order valence-corrected chi connectivity index (χ4v) is 2.53. The zero-order valence-electron chi connectivity index (χ0n) is 14.9. The molecule has 0 aliphatic heterocycles. The highest BCUT2D eigenvalue weighted by Crippen LogP contribution is 2.22. The number of nitrogens with one attached hydrogen (secondary N) is 1. The number of rotatable bonds is 7. The zero-order valence-corrected chi connectivity index (χ0v) is 14.9. The summed E-state index contributed by atoms with van der Waals surface area (Å²) < 4.78 is 10.0. The van der Waals surface area contributed by atoms with Gasteiger partial charge in [0, 0.05) is 0 Å². The van der Waals surface area contributed by atoms with Crippen LogP contribution in [0.1, 0.15) is 37.0 Å². The van der Waals surface area contributed by atoms with Crippen molar-refractivity contribution < 1.29 is 19.1 Å². The van der Waals surface area contributed by atoms with Crippen LogP contribution >= 0.6 is 0 Å². The maximum Gasteiger partial charge on any atom is 0.328 e. The van der Waals surface area contributed by atoms with E-state index in [1.54, 1.807) is 7.11 Å². The molecule has 0 aromatic heterocycles. The fourth-order valence-electron chi connectivity index (χ4n) is 2.53. The van der Waals surface area contributed by atoms with Crippen LogP contribution < -0.4 is 10.1 Å². The normalized spacial score (nSPS) is 13.1. The first kappa shape index (κ1) is 19.0. The highest BCUT2D eigenvalue weighted by molar-refractivity contribution is 5.86. The number of esters is 1. The number of carbonyl (C=O) groups is 2. The van der Waals surface area contributed by atoms with Gasteiger partial charge in [-0.2, -0.15) is 0 Å². The standard InChI is InChI=1S/C18H27NO4/c1-7-11(2)17(18(21)23-6)19-16(20)10-15-12(3)8-14(22-5)9-13(15)4/h8-9,11,17H,7,10H2,1-6H3,(H,19,20)/t11-,17-/m0/s1. The van der Waals surface area contributed by atoms with E-state index in [9.17, 15) is 9.59 Å². The maximum atomic E-state index is 12.4. The minimum Gasteiger partial charge on any atom is -0.497 e. The molecule has 5 nitrogen and oxygen atoms in total. The molecule has 0 saturated carbocycles. The van der Waals surface area contributed by atoms with Crippen LogP contribution in [-0.2, 0) is 20.7 Å². The minimum absolute atomic E-state index is 0.0180. The molecule has 128 valence electrons. The number of hydrogen-bond donors (Lipinski definition) is 1. The summed E-state index contributed by atoms with van der Waals surface area (Å²) in [6.07, 6.45) is 1.01. The van der Waals surface area contributed by atoms with Crippen molar-refractivity contribution in [2.75, 3.05) is 14.2 Å². The van der Waals surface area contributed by atoms with Gasteiger partial charge in [-0.3, -0.25) is 4.79 Å². The second-order valence-electron chi connectivity index (χ2n) is 5.87. The van der Waals surface area contributed by atoms with E-state index < -0.39 is 12.0 Å². The van der Waals surface area contributed by atoms with Crippen LogP contribution in [0.4, 0.5) is 0 Å². The fraction of sp³-hybridized carbons (Fsp3) is 0.556. The first-order valence-corrected chi connectivity index (χ1v) is 7.85. The van der Waals surface area contributed by atoms with E-state index in [4.69, 9.17) is 9.47 Å². The molecule has 23 heavy (non-hydrogen) atoms. The predicted octanol–water partition coefficient (Wildman–Crippen LogP) is 2.56. The Morgan fingerprint density at radius 2 is 1.74 bits per heavy atom. The molecule has 0 fully saturated rings. The summed E-state index contributed by atoms with van der Waals surface area (Å²) in [7, 11) is 2.95. The average molecular weight is 321 g/mol. The first-order valence-electron chi connectivity index (χ1n) is 7.85. The van der Waals surface area contributed by atoms with E-state index in [0.29, 0.717) is 0 Å². The van der Waals surface area contributed by atoms with E-state index in [1.165, 1.54) is 7.11 Å². The van der Waals surface area contributed by atoms with Crippen molar-refractivity contribution in [2.24, 2.45) is 5.92 Å². The van der Waals surface area contributed by atoms with Crippen LogP contribution in [0.5, 0.6) is 5.75 Å². The second kappa shape index (κ2) is 8.56. The lowest BCUT2D eigenvalue weighted by Crippen LogP contribution is -2.46. The molecule has 0 saturated heterocycles. The molecule has 0 aliphatic rings. The van der Waals surface area contributed by atoms with Gasteiger partial charge in [-0.1, -0.05) is 20.3 Å². The summed E-state index contributed by atoms with van der Waals surface area (Å²) in [4.78, 5) is 24.2. The van der Waals surface area contributed by atoms with Gasteiger partial charge < -0.3 is 14.8 Å². The molecule has 1 aromatic carbocycles. The Kier molecular flexibility index (Phi) is 7.07. The molecule has 5 heteroatoms. The van der Waals surface area contributed by atoms with E-state index in [2.05, 4.69) is 5.32 Å². The van der Waals surface area contributed by atoms with Gasteiger partial charge in [0.15, 0.2) is 0 Å². The van der Waals surface area contributed by atoms with Gasteiger partial charge in [-0.25, -0.2) is 4.79 Å². The third-order valence-corrected chi connectivity index (χ3v) is 4.23. The van der Waals surface area contributed by atoms with E-state index in [-0.39, 0.29) is 18.2 Å². The molecule has 1 amide bonds. The van der Waals surface area contributed by atoms with Crippen molar-refractivity contribution in [1.29, 1.82) is 0 Å². The number of ether oxygens (including phenoxy) is 2. The monoisotopic (exact) mass is 321 g/mol. The van der Waals surface area contributed by atoms with Crippen molar-refractivity contribution >= 4 is 11.9 Å². The Morgan fingerprint density at radius 1 is 1.17 bits per heavy atom. The Labute approximate surface area is 138 Å². The van der Waals surface area contributed by atoms with Gasteiger partial charge in [-0.05, 0) is 48.6 Å². The number of methoxy groups -OCH3 is 2. The zero-order chi connectivity index (χ0) is 17.6. The highest BCUT2D eigenvalue weighted by Gasteiger charge is 2.26. The molecular formula is C18H27NO4. The average Bonchev–Trinajstić information content (AvgIpc) is 2.54. The van der Waals surface area contributed by atoms with Crippen molar-refractivity contribution in [2.45, 2.75) is 46.6 Å². The summed E-state index contributed by atoms with van der Waals surface area (Å²) in [5.41, 5.74) is 2.95. The summed E-state index contributed by atoms with van der Waals surface area (Å²) in [6, 6.07) is 3.20. The third-order valence-electron chi connectivity index (χ3n) is 4.23. The van der Waals surface area contributed by atoms with Gasteiger partial charge >= 0.3 is 5.97 Å². The lowest BCUT2D eigenvalue weighted by molar-refractivity contribution is -0.146. The molecule has 1 aromatic rings. The minimum atomic E-state index is -0.614. The molecule has 2 atom stereocenters. The Balaban J connectivity index is 2.89. The van der Waals surface area contributed by atoms with Gasteiger partial charge in [0.05, 0.1) is 20.6 Å². The molecule has 0 spiro atoms. The molecule has 0 heterocycles. The third kappa shape index (κ3) is 4.98. The van der Waals surface area contributed by atoms with E-state index in [1.807, 2.05) is 39.8 Å². The van der Waals surface area contributed by atoms with Crippen LogP contribution in [0, 0.1) is 19.8 Å². The lowest BCUT2D eigenvalue weighted by Gasteiger charge is -2.22. The molecule has 0 radical (unpaired) electrons. The molecular weight excluding hydrogens is 294 g/mol. The van der Waals surface area contributed by atoms with Gasteiger partial charge in [-0.15, -0.1) is 0 Å².